The van der Waals surface area contributed by atoms with Crippen molar-refractivity contribution in [2.45, 2.75) is 205 Å². The van der Waals surface area contributed by atoms with E-state index in [9.17, 15) is 24.9 Å². The Bertz CT molecular complexity index is 2540. The van der Waals surface area contributed by atoms with Gasteiger partial charge in [0.25, 0.3) is 0 Å². The fourth-order valence-corrected chi connectivity index (χ4v) is 21.0. The zero-order valence-electron chi connectivity index (χ0n) is 44.6. The number of carbonyl (C=O) groups excluding carboxylic acids is 2. The van der Waals surface area contributed by atoms with Gasteiger partial charge in [-0.3, -0.25) is 4.79 Å². The lowest BCUT2D eigenvalue weighted by atomic mass is 9.34. The molecule has 2 heterocycles. The van der Waals surface area contributed by atoms with Crippen LogP contribution < -0.4 is 0 Å². The van der Waals surface area contributed by atoms with Crippen molar-refractivity contribution >= 4 is 11.9 Å². The Hall–Kier alpha value is -3.70. The molecule has 2 aliphatic heterocycles. The van der Waals surface area contributed by atoms with Crippen LogP contribution in [0.2, 0.25) is 0 Å². The van der Waals surface area contributed by atoms with E-state index in [4.69, 9.17) is 9.47 Å². The van der Waals surface area contributed by atoms with E-state index >= 15 is 0 Å². The SMILES string of the molecule is C[C@H](CCCc1ccccc1)CC[C@H](O)[C@]12[C@@H](O)CC[C@@](C)([C@@H]3CC[C@@]45C[C@H](CCc6ccccc6)[C@]67CC[C@@]8(CCC[C@@H]8CC(=C[C@H]3C4)[C@H]56)C7)[C@@H]1[C@H]1C[C@](C)(C#CCCC(=O)O1)[C@]2(O)CCC1=CC(=O)OC1. The molecular formula is C66H86O7. The number of carbonyl (C=O) groups is 2. The van der Waals surface area contributed by atoms with Gasteiger partial charge in [0.2, 0.25) is 0 Å². The Labute approximate surface area is 437 Å². The Morgan fingerprint density at radius 2 is 1.62 bits per heavy atom. The van der Waals surface area contributed by atoms with Crippen molar-refractivity contribution in [3.05, 3.63) is 95.1 Å². The first-order valence-electron chi connectivity index (χ1n) is 29.6. The number of esters is 2. The standard InChI is InChI=1S/C66H86O7/c1-44(14-12-19-45-15-6-4-7-16-45)22-25-54(67)66-55(68)28-31-61(3,59(66)53-41-60(2,29-11-10-21-56(69)73-53)65(66,71)33-26-47-36-57(70)72-42-47)52-27-32-63-39-49(52)37-48-38-50-20-13-30-62(50)34-35-64(43-62,58(48)63)51(40-63)24-23-46-17-8-5-9-18-46/h4-9,15-18,36-37,44,49-55,58-59,67-68,71H,10,12-14,19-28,30-35,38-43H2,1-3H3/t44-,49+,50-,51+,52-,53-,54+,55+,58-,59+,60+,61+,62+,63+,64-,65-,66+/m1/s1. The summed E-state index contributed by atoms with van der Waals surface area (Å²) in [5.41, 5.74) is 1.75. The van der Waals surface area contributed by atoms with Gasteiger partial charge < -0.3 is 24.8 Å². The number of fused-ring (bicyclic) bond motifs is 5. The molecule has 392 valence electrons. The highest BCUT2D eigenvalue weighted by Crippen LogP contribution is 2.81. The first-order chi connectivity index (χ1) is 35.2. The number of aryl methyl sites for hydroxylation is 2. The Morgan fingerprint density at radius 1 is 0.836 bits per heavy atom. The largest absolute Gasteiger partial charge is 0.462 e. The number of hydrogen-bond acceptors (Lipinski definition) is 7. The van der Waals surface area contributed by atoms with E-state index in [0.29, 0.717) is 60.7 Å². The minimum absolute atomic E-state index is 0.171. The molecule has 8 aliphatic carbocycles. The van der Waals surface area contributed by atoms with Crippen LogP contribution in [0, 0.1) is 85.8 Å². The first kappa shape index (κ1) is 50.1. The highest BCUT2D eigenvalue weighted by molar-refractivity contribution is 5.85. The van der Waals surface area contributed by atoms with Crippen LogP contribution in [0.25, 0.3) is 0 Å². The topological polar surface area (TPSA) is 113 Å². The van der Waals surface area contributed by atoms with Crippen molar-refractivity contribution in [3.8, 4) is 11.8 Å². The molecule has 3 spiro atoms. The molecule has 2 aromatic carbocycles. The van der Waals surface area contributed by atoms with E-state index in [0.717, 1.165) is 62.4 Å². The summed E-state index contributed by atoms with van der Waals surface area (Å²) in [7, 11) is 0. The zero-order valence-corrected chi connectivity index (χ0v) is 44.6. The third kappa shape index (κ3) is 7.95. The molecule has 3 N–H and O–H groups in total. The maximum atomic E-state index is 14.5. The summed E-state index contributed by atoms with van der Waals surface area (Å²) in [5.74, 6) is 8.75. The van der Waals surface area contributed by atoms with Gasteiger partial charge in [-0.15, -0.1) is 5.92 Å². The number of hydrogen-bond donors (Lipinski definition) is 3. The lowest BCUT2D eigenvalue weighted by Gasteiger charge is -2.72. The maximum absolute atomic E-state index is 14.5. The fraction of sp³-hybridized carbons (Fsp3) is 0.697. The van der Waals surface area contributed by atoms with Gasteiger partial charge in [0.15, 0.2) is 0 Å². The number of benzene rings is 2. The van der Waals surface area contributed by atoms with Gasteiger partial charge >= 0.3 is 11.9 Å². The van der Waals surface area contributed by atoms with Crippen LogP contribution in [0.1, 0.15) is 180 Å². The average Bonchev–Trinajstić information content (AvgIpc) is 4.14. The van der Waals surface area contributed by atoms with Crippen LogP contribution in [0.4, 0.5) is 0 Å². The molecule has 0 aromatic heterocycles. The molecule has 0 unspecified atom stereocenters. The second-order valence-corrected chi connectivity index (χ2v) is 27.2. The lowest BCUT2D eigenvalue weighted by Crippen LogP contribution is -2.79. The summed E-state index contributed by atoms with van der Waals surface area (Å²) in [6.45, 7) is 6.92. The molecule has 0 amide bonds. The van der Waals surface area contributed by atoms with E-state index in [1.165, 1.54) is 81.8 Å². The van der Waals surface area contributed by atoms with Crippen molar-refractivity contribution in [2.75, 3.05) is 6.61 Å². The summed E-state index contributed by atoms with van der Waals surface area (Å²) in [6, 6.07) is 21.9. The molecule has 7 heteroatoms. The van der Waals surface area contributed by atoms with Crippen molar-refractivity contribution in [1.82, 2.24) is 0 Å². The van der Waals surface area contributed by atoms with Crippen molar-refractivity contribution in [2.24, 2.45) is 73.9 Å². The van der Waals surface area contributed by atoms with Gasteiger partial charge in [0, 0.05) is 24.8 Å². The van der Waals surface area contributed by atoms with Crippen molar-refractivity contribution < 1.29 is 34.4 Å². The van der Waals surface area contributed by atoms with Crippen molar-refractivity contribution in [1.29, 1.82) is 0 Å². The molecule has 0 radical (unpaired) electrons. The highest BCUT2D eigenvalue weighted by Gasteiger charge is 2.79. The number of aliphatic hydroxyl groups is 3. The number of rotatable bonds is 15. The van der Waals surface area contributed by atoms with Gasteiger partial charge in [0.05, 0.1) is 35.1 Å². The van der Waals surface area contributed by atoms with E-state index < -0.39 is 46.1 Å². The molecule has 0 saturated heterocycles. The van der Waals surface area contributed by atoms with Gasteiger partial charge in [-0.2, -0.15) is 0 Å². The average molecular weight is 991 g/mol. The molecule has 7 fully saturated rings. The Kier molecular flexibility index (Phi) is 12.9. The highest BCUT2D eigenvalue weighted by atomic mass is 16.5. The smallest absolute Gasteiger partial charge is 0.331 e. The monoisotopic (exact) mass is 991 g/mol. The van der Waals surface area contributed by atoms with Crippen LogP contribution in [0.15, 0.2) is 84.0 Å². The van der Waals surface area contributed by atoms with Gasteiger partial charge in [0.1, 0.15) is 12.7 Å². The molecule has 10 aliphatic rings. The lowest BCUT2D eigenvalue weighted by molar-refractivity contribution is -0.340. The normalized spacial score (nSPS) is 43.8. The van der Waals surface area contributed by atoms with E-state index in [1.54, 1.807) is 11.6 Å². The molecular weight excluding hydrogens is 905 g/mol. The zero-order chi connectivity index (χ0) is 50.4. The predicted molar refractivity (Wildman–Crippen MR) is 284 cm³/mol. The minimum atomic E-state index is -1.71. The molecule has 73 heavy (non-hydrogen) atoms. The summed E-state index contributed by atoms with van der Waals surface area (Å²) in [6.07, 6.45) is 25.2. The minimum Gasteiger partial charge on any atom is -0.462 e. The maximum Gasteiger partial charge on any atom is 0.331 e. The fourth-order valence-electron chi connectivity index (χ4n) is 21.0. The van der Waals surface area contributed by atoms with Crippen LogP contribution in [0.3, 0.4) is 0 Å². The van der Waals surface area contributed by atoms with Crippen LogP contribution >= 0.6 is 0 Å². The summed E-state index contributed by atoms with van der Waals surface area (Å²) >= 11 is 0. The summed E-state index contributed by atoms with van der Waals surface area (Å²) in [5, 5.41) is 41.6. The predicted octanol–water partition coefficient (Wildman–Crippen LogP) is 12.6. The summed E-state index contributed by atoms with van der Waals surface area (Å²) < 4.78 is 12.3. The van der Waals surface area contributed by atoms with Gasteiger partial charge in [-0.1, -0.05) is 105 Å². The number of ether oxygens (including phenoxy) is 2. The molecule has 12 rings (SSSR count). The van der Waals surface area contributed by atoms with Crippen LogP contribution in [0.5, 0.6) is 0 Å². The molecule has 7 saturated carbocycles. The third-order valence-electron chi connectivity index (χ3n) is 23.8. The van der Waals surface area contributed by atoms with Gasteiger partial charge in [-0.25, -0.2) is 4.79 Å². The molecule has 2 aromatic rings. The molecule has 6 bridgehead atoms. The first-order valence-corrected chi connectivity index (χ1v) is 29.6. The van der Waals surface area contributed by atoms with Crippen LogP contribution in [-0.2, 0) is 31.9 Å². The summed E-state index contributed by atoms with van der Waals surface area (Å²) in [4.78, 5) is 26.7. The quantitative estimate of drug-likeness (QED) is 0.0925. The van der Waals surface area contributed by atoms with E-state index in [2.05, 4.69) is 92.4 Å². The third-order valence-corrected chi connectivity index (χ3v) is 23.8. The van der Waals surface area contributed by atoms with E-state index in [-0.39, 0.29) is 42.7 Å². The number of aliphatic hydroxyl groups excluding tert-OH is 2. The number of allylic oxidation sites excluding steroid dienone is 2. The van der Waals surface area contributed by atoms with E-state index in [1.807, 2.05) is 6.92 Å². The second-order valence-electron chi connectivity index (χ2n) is 27.2. The van der Waals surface area contributed by atoms with Crippen LogP contribution in [-0.4, -0.2) is 57.8 Å². The number of cyclic esters (lactones) is 1. The molecule has 7 nitrogen and oxygen atoms in total. The van der Waals surface area contributed by atoms with Gasteiger partial charge in [-0.05, 0) is 209 Å². The Balaban J connectivity index is 0.940. The second kappa shape index (κ2) is 18.8. The molecule has 17 atom stereocenters. The Morgan fingerprint density at radius 3 is 2.38 bits per heavy atom. The van der Waals surface area contributed by atoms with Crippen molar-refractivity contribution in [3.63, 3.8) is 0 Å².